The molecule has 2 N–H and O–H groups in total. The van der Waals surface area contributed by atoms with Gasteiger partial charge in [0.1, 0.15) is 0 Å². The number of nitrogens with two attached hydrogens (primary N) is 1. The van der Waals surface area contributed by atoms with E-state index in [1.165, 1.54) is 0 Å². The van der Waals surface area contributed by atoms with Gasteiger partial charge in [-0.05, 0) is 13.0 Å². The van der Waals surface area contributed by atoms with Crippen molar-refractivity contribution >= 4 is 5.95 Å². The summed E-state index contributed by atoms with van der Waals surface area (Å²) >= 11 is 0. The first-order valence-corrected chi connectivity index (χ1v) is 4.10. The second-order valence-electron chi connectivity index (χ2n) is 2.42. The molecule has 1 heterocycles. The Morgan fingerprint density at radius 2 is 2.08 bits per heavy atom. The van der Waals surface area contributed by atoms with Crippen LogP contribution >= 0.6 is 0 Å². The minimum atomic E-state index is 0.631. The van der Waals surface area contributed by atoms with Crippen LogP contribution in [0.25, 0.3) is 0 Å². The quantitative estimate of drug-likeness (QED) is 0.697. The molecule has 0 spiro atoms. The number of likely N-dealkylation sites (N-methyl/N-ethyl adjacent to an activating group) is 1. The first-order chi connectivity index (χ1) is 5.88. The first kappa shape index (κ1) is 8.93. The number of anilines is 1. The van der Waals surface area contributed by atoms with Gasteiger partial charge in [0.2, 0.25) is 5.95 Å². The molecule has 0 fully saturated rings. The smallest absolute Gasteiger partial charge is 0.225 e. The summed E-state index contributed by atoms with van der Waals surface area (Å²) in [7, 11) is 0. The average Bonchev–Trinajstić information content (AvgIpc) is 2.15. The second kappa shape index (κ2) is 4.66. The molecule has 1 aromatic rings. The SMILES string of the molecule is CCN(CCN)c1ncccn1. The fourth-order valence-corrected chi connectivity index (χ4v) is 1.01. The number of rotatable bonds is 4. The summed E-state index contributed by atoms with van der Waals surface area (Å²) in [5.41, 5.74) is 5.45. The van der Waals surface area contributed by atoms with Crippen molar-refractivity contribution in [3.8, 4) is 0 Å². The van der Waals surface area contributed by atoms with Gasteiger partial charge in [0, 0.05) is 32.0 Å². The van der Waals surface area contributed by atoms with E-state index >= 15 is 0 Å². The van der Waals surface area contributed by atoms with Crippen molar-refractivity contribution < 1.29 is 0 Å². The minimum absolute atomic E-state index is 0.631. The summed E-state index contributed by atoms with van der Waals surface area (Å²) in [5, 5.41) is 0. The Hall–Kier alpha value is -1.16. The number of hydrogen-bond acceptors (Lipinski definition) is 4. The highest BCUT2D eigenvalue weighted by Gasteiger charge is 2.03. The normalized spacial score (nSPS) is 9.83. The zero-order valence-electron chi connectivity index (χ0n) is 7.27. The van der Waals surface area contributed by atoms with E-state index in [0.29, 0.717) is 6.54 Å². The zero-order valence-corrected chi connectivity index (χ0v) is 7.27. The predicted octanol–water partition coefficient (Wildman–Crippen LogP) is 0.262. The summed E-state index contributed by atoms with van der Waals surface area (Å²) in [6.45, 7) is 4.39. The van der Waals surface area contributed by atoms with E-state index in [2.05, 4.69) is 16.9 Å². The van der Waals surface area contributed by atoms with Crippen molar-refractivity contribution in [2.45, 2.75) is 6.92 Å². The molecule has 0 aliphatic heterocycles. The lowest BCUT2D eigenvalue weighted by Crippen LogP contribution is -2.30. The Bertz CT molecular complexity index is 212. The van der Waals surface area contributed by atoms with Crippen LogP contribution in [-0.2, 0) is 0 Å². The van der Waals surface area contributed by atoms with Crippen molar-refractivity contribution in [3.63, 3.8) is 0 Å². The van der Waals surface area contributed by atoms with E-state index in [9.17, 15) is 0 Å². The van der Waals surface area contributed by atoms with Gasteiger partial charge in [0.25, 0.3) is 0 Å². The molecule has 12 heavy (non-hydrogen) atoms. The molecule has 0 unspecified atom stereocenters. The Morgan fingerprint density at radius 1 is 1.42 bits per heavy atom. The molecule has 0 aliphatic rings. The standard InChI is InChI=1S/C8H14N4/c1-2-12(7-4-9)8-10-5-3-6-11-8/h3,5-6H,2,4,7,9H2,1H3. The van der Waals surface area contributed by atoms with Gasteiger partial charge in [-0.25, -0.2) is 9.97 Å². The number of hydrogen-bond donors (Lipinski definition) is 1. The molecule has 66 valence electrons. The van der Waals surface area contributed by atoms with Crippen LogP contribution in [0.3, 0.4) is 0 Å². The van der Waals surface area contributed by atoms with Crippen LogP contribution in [0, 0.1) is 0 Å². The molecule has 0 radical (unpaired) electrons. The number of nitrogens with zero attached hydrogens (tertiary/aromatic N) is 3. The molecule has 1 rings (SSSR count). The van der Waals surface area contributed by atoms with Crippen LogP contribution in [-0.4, -0.2) is 29.6 Å². The lowest BCUT2D eigenvalue weighted by atomic mass is 10.5. The fraction of sp³-hybridized carbons (Fsp3) is 0.500. The van der Waals surface area contributed by atoms with Crippen molar-refractivity contribution in [2.75, 3.05) is 24.5 Å². The highest BCUT2D eigenvalue weighted by Crippen LogP contribution is 2.02. The molecule has 0 bridgehead atoms. The maximum Gasteiger partial charge on any atom is 0.225 e. The van der Waals surface area contributed by atoms with Crippen molar-refractivity contribution in [1.29, 1.82) is 0 Å². The van der Waals surface area contributed by atoms with Gasteiger partial charge in [-0.1, -0.05) is 0 Å². The molecule has 1 aromatic heterocycles. The Kier molecular flexibility index (Phi) is 3.47. The highest BCUT2D eigenvalue weighted by atomic mass is 15.2. The fourth-order valence-electron chi connectivity index (χ4n) is 1.01. The lowest BCUT2D eigenvalue weighted by Gasteiger charge is -2.18. The summed E-state index contributed by atoms with van der Waals surface area (Å²) in [5.74, 6) is 0.755. The molecular formula is C8H14N4. The lowest BCUT2D eigenvalue weighted by molar-refractivity contribution is 0.783. The van der Waals surface area contributed by atoms with E-state index < -0.39 is 0 Å². The number of aromatic nitrogens is 2. The van der Waals surface area contributed by atoms with Crippen LogP contribution < -0.4 is 10.6 Å². The third-order valence-electron chi connectivity index (χ3n) is 1.62. The predicted molar refractivity (Wildman–Crippen MR) is 49.0 cm³/mol. The van der Waals surface area contributed by atoms with E-state index in [0.717, 1.165) is 19.0 Å². The third kappa shape index (κ3) is 2.17. The topological polar surface area (TPSA) is 55.0 Å². The van der Waals surface area contributed by atoms with Crippen molar-refractivity contribution in [3.05, 3.63) is 18.5 Å². The van der Waals surface area contributed by atoms with Gasteiger partial charge in [-0.15, -0.1) is 0 Å². The van der Waals surface area contributed by atoms with Gasteiger partial charge < -0.3 is 10.6 Å². The summed E-state index contributed by atoms with van der Waals surface area (Å²) < 4.78 is 0. The molecule has 0 aliphatic carbocycles. The van der Waals surface area contributed by atoms with Crippen LogP contribution in [0.15, 0.2) is 18.5 Å². The third-order valence-corrected chi connectivity index (χ3v) is 1.62. The molecule has 0 atom stereocenters. The minimum Gasteiger partial charge on any atom is -0.340 e. The van der Waals surface area contributed by atoms with Crippen LogP contribution in [0.4, 0.5) is 5.95 Å². The van der Waals surface area contributed by atoms with E-state index in [4.69, 9.17) is 5.73 Å². The van der Waals surface area contributed by atoms with Gasteiger partial charge >= 0.3 is 0 Å². The van der Waals surface area contributed by atoms with E-state index in [1.807, 2.05) is 4.90 Å². The molecule has 4 heteroatoms. The van der Waals surface area contributed by atoms with E-state index in [-0.39, 0.29) is 0 Å². The molecule has 0 saturated heterocycles. The van der Waals surface area contributed by atoms with E-state index in [1.54, 1.807) is 18.5 Å². The van der Waals surface area contributed by atoms with Gasteiger partial charge in [-0.3, -0.25) is 0 Å². The monoisotopic (exact) mass is 166 g/mol. The highest BCUT2D eigenvalue weighted by molar-refractivity contribution is 5.27. The van der Waals surface area contributed by atoms with Crippen LogP contribution in [0.5, 0.6) is 0 Å². The Labute approximate surface area is 72.4 Å². The molecular weight excluding hydrogens is 152 g/mol. The van der Waals surface area contributed by atoms with Crippen LogP contribution in [0.2, 0.25) is 0 Å². The van der Waals surface area contributed by atoms with Gasteiger partial charge in [-0.2, -0.15) is 0 Å². The Balaban J connectivity index is 2.66. The molecule has 0 aromatic carbocycles. The largest absolute Gasteiger partial charge is 0.340 e. The zero-order chi connectivity index (χ0) is 8.81. The van der Waals surface area contributed by atoms with Crippen molar-refractivity contribution in [1.82, 2.24) is 9.97 Å². The Morgan fingerprint density at radius 3 is 2.58 bits per heavy atom. The summed E-state index contributed by atoms with van der Waals surface area (Å²) in [6.07, 6.45) is 3.48. The second-order valence-corrected chi connectivity index (χ2v) is 2.42. The van der Waals surface area contributed by atoms with Gasteiger partial charge in [0.05, 0.1) is 0 Å². The molecule has 4 nitrogen and oxygen atoms in total. The van der Waals surface area contributed by atoms with Crippen molar-refractivity contribution in [2.24, 2.45) is 5.73 Å². The summed E-state index contributed by atoms with van der Waals surface area (Å²) in [4.78, 5) is 10.3. The molecule has 0 saturated carbocycles. The maximum absolute atomic E-state index is 5.45. The average molecular weight is 166 g/mol. The summed E-state index contributed by atoms with van der Waals surface area (Å²) in [6, 6.07) is 1.81. The van der Waals surface area contributed by atoms with Crippen LogP contribution in [0.1, 0.15) is 6.92 Å². The maximum atomic E-state index is 5.45. The first-order valence-electron chi connectivity index (χ1n) is 4.10. The molecule has 0 amide bonds. The van der Waals surface area contributed by atoms with Gasteiger partial charge in [0.15, 0.2) is 0 Å².